The summed E-state index contributed by atoms with van der Waals surface area (Å²) in [5, 5.41) is 2.96. The normalized spacial score (nSPS) is 9.43. The molecule has 44 valence electrons. The Morgan fingerprint density at radius 1 is 1.57 bits per heavy atom. The highest BCUT2D eigenvalue weighted by Crippen LogP contribution is 1.73. The molecule has 0 aromatic carbocycles. The van der Waals surface area contributed by atoms with Gasteiger partial charge in [-0.1, -0.05) is 0 Å². The van der Waals surface area contributed by atoms with Crippen LogP contribution in [-0.2, 0) is 3.17 Å². The summed E-state index contributed by atoms with van der Waals surface area (Å²) in [5.41, 5.74) is 2.67. The number of hydrogen-bond donors (Lipinski definition) is 2. The highest BCUT2D eigenvalue weighted by atomic mass is 127. The molecule has 0 saturated heterocycles. The molecule has 0 bridgehead atoms. The summed E-state index contributed by atoms with van der Waals surface area (Å²) in [7, 11) is 1.90. The molecule has 0 fully saturated rings. The molecule has 0 unspecified atom stereocenters. The van der Waals surface area contributed by atoms with Crippen LogP contribution in [0.15, 0.2) is 0 Å². The average molecular weight is 216 g/mol. The molecule has 0 aromatic rings. The van der Waals surface area contributed by atoms with Gasteiger partial charge in [0.2, 0.25) is 0 Å². The van der Waals surface area contributed by atoms with Gasteiger partial charge in [-0.15, -0.1) is 0 Å². The number of hydrogen-bond acceptors (Lipinski definition) is 3. The molecule has 2 N–H and O–H groups in total. The van der Waals surface area contributed by atoms with Crippen LogP contribution < -0.4 is 10.8 Å². The first-order valence-corrected chi connectivity index (χ1v) is 2.95. The zero-order valence-corrected chi connectivity index (χ0v) is 6.36. The maximum Gasteiger partial charge on any atom is 0.136 e. The quantitative estimate of drug-likeness (QED) is 0.396. The van der Waals surface area contributed by atoms with E-state index in [0.29, 0.717) is 0 Å². The first-order valence-electron chi connectivity index (χ1n) is 2.07. The largest absolute Gasteiger partial charge is 0.318 e. The molecule has 0 saturated carbocycles. The van der Waals surface area contributed by atoms with Gasteiger partial charge in [-0.05, 0) is 7.05 Å². The minimum Gasteiger partial charge on any atom is -0.318 e. The van der Waals surface area contributed by atoms with Crippen molar-refractivity contribution in [2.45, 2.75) is 0 Å². The van der Waals surface area contributed by atoms with Gasteiger partial charge in [-0.25, -0.2) is 3.17 Å². The van der Waals surface area contributed by atoms with Gasteiger partial charge in [0.15, 0.2) is 0 Å². The fourth-order valence-corrected chi connectivity index (χ4v) is 0.435. The number of likely N-dealkylation sites (N-methyl/N-ethyl adjacent to an activating group) is 1. The summed E-state index contributed by atoms with van der Waals surface area (Å²) >= 11 is 1.79. The van der Waals surface area contributed by atoms with E-state index in [0.717, 1.165) is 13.1 Å². The molecule has 0 atom stereocenters. The highest BCUT2D eigenvalue weighted by molar-refractivity contribution is 14.1. The van der Waals surface area contributed by atoms with Gasteiger partial charge in [0.1, 0.15) is 23.0 Å². The van der Waals surface area contributed by atoms with Gasteiger partial charge in [0, 0.05) is 13.1 Å². The molecular formula is C3H9IN2O. The third-order valence-electron chi connectivity index (χ3n) is 0.532. The van der Waals surface area contributed by atoms with Gasteiger partial charge in [0.05, 0.1) is 0 Å². The van der Waals surface area contributed by atoms with Crippen LogP contribution in [0, 0.1) is 0 Å². The number of rotatable bonds is 4. The van der Waals surface area contributed by atoms with Crippen molar-refractivity contribution in [2.24, 2.45) is 0 Å². The van der Waals surface area contributed by atoms with E-state index in [9.17, 15) is 0 Å². The van der Waals surface area contributed by atoms with Crippen LogP contribution in [0.2, 0.25) is 0 Å². The number of hydroxylamine groups is 1. The van der Waals surface area contributed by atoms with Crippen LogP contribution in [0.25, 0.3) is 0 Å². The highest BCUT2D eigenvalue weighted by Gasteiger charge is 1.77. The Balaban J connectivity index is 2.45. The summed E-state index contributed by atoms with van der Waals surface area (Å²) in [6.07, 6.45) is 0. The van der Waals surface area contributed by atoms with Crippen LogP contribution in [0.5, 0.6) is 0 Å². The first kappa shape index (κ1) is 7.61. The Morgan fingerprint density at radius 2 is 2.29 bits per heavy atom. The molecule has 4 heteroatoms. The van der Waals surface area contributed by atoms with Crippen LogP contribution in [0.3, 0.4) is 0 Å². The van der Waals surface area contributed by atoms with Crippen molar-refractivity contribution in [1.82, 2.24) is 10.8 Å². The van der Waals surface area contributed by atoms with E-state index in [1.54, 1.807) is 23.0 Å². The number of halogens is 1. The third kappa shape index (κ3) is 6.61. The Labute approximate surface area is 57.4 Å². The van der Waals surface area contributed by atoms with Crippen molar-refractivity contribution in [1.29, 1.82) is 0 Å². The first-order chi connectivity index (χ1) is 3.41. The maximum absolute atomic E-state index is 4.52. The van der Waals surface area contributed by atoms with E-state index in [4.69, 9.17) is 0 Å². The molecule has 0 spiro atoms. The molecule has 0 aliphatic carbocycles. The van der Waals surface area contributed by atoms with Crippen molar-refractivity contribution < 1.29 is 3.17 Å². The van der Waals surface area contributed by atoms with E-state index in [-0.39, 0.29) is 0 Å². The van der Waals surface area contributed by atoms with Crippen LogP contribution in [0.1, 0.15) is 0 Å². The van der Waals surface area contributed by atoms with E-state index >= 15 is 0 Å². The molecule has 0 amide bonds. The standard InChI is InChI=1S/C3H9IN2O/c1-5-2-3-6-7-4/h5-6H,2-3H2,1H3. The molecule has 0 heterocycles. The van der Waals surface area contributed by atoms with Gasteiger partial charge in [0.25, 0.3) is 0 Å². The fraction of sp³-hybridized carbons (Fsp3) is 1.00. The second kappa shape index (κ2) is 6.61. The fourth-order valence-electron chi connectivity index (χ4n) is 0.215. The minimum absolute atomic E-state index is 0.847. The molecule has 0 aliphatic rings. The van der Waals surface area contributed by atoms with Crippen LogP contribution >= 0.6 is 23.0 Å². The van der Waals surface area contributed by atoms with Crippen molar-refractivity contribution >= 4 is 23.0 Å². The molecule has 7 heavy (non-hydrogen) atoms. The van der Waals surface area contributed by atoms with E-state index < -0.39 is 0 Å². The monoisotopic (exact) mass is 216 g/mol. The van der Waals surface area contributed by atoms with E-state index in [1.807, 2.05) is 7.05 Å². The lowest BCUT2D eigenvalue weighted by Gasteiger charge is -1.95. The zero-order chi connectivity index (χ0) is 5.54. The Kier molecular flexibility index (Phi) is 7.19. The molecule has 3 nitrogen and oxygen atoms in total. The van der Waals surface area contributed by atoms with Crippen molar-refractivity contribution in [3.05, 3.63) is 0 Å². The zero-order valence-electron chi connectivity index (χ0n) is 4.20. The van der Waals surface area contributed by atoms with Gasteiger partial charge in [-0.3, -0.25) is 0 Å². The molecule has 0 aromatic heterocycles. The lowest BCUT2D eigenvalue weighted by atomic mass is 10.7. The summed E-state index contributed by atoms with van der Waals surface area (Å²) in [4.78, 5) is 0. The second-order valence-electron chi connectivity index (χ2n) is 1.08. The topological polar surface area (TPSA) is 33.3 Å². The molecule has 0 radical (unpaired) electrons. The molecule has 0 aliphatic heterocycles. The second-order valence-corrected chi connectivity index (χ2v) is 1.52. The lowest BCUT2D eigenvalue weighted by Crippen LogP contribution is -2.22. The lowest BCUT2D eigenvalue weighted by molar-refractivity contribution is 0.282. The minimum atomic E-state index is 0.847. The van der Waals surface area contributed by atoms with Crippen molar-refractivity contribution in [2.75, 3.05) is 20.1 Å². The Bertz CT molecular complexity index is 32.1. The smallest absolute Gasteiger partial charge is 0.136 e. The Morgan fingerprint density at radius 3 is 2.71 bits per heavy atom. The molecular weight excluding hydrogens is 207 g/mol. The van der Waals surface area contributed by atoms with Crippen LogP contribution in [0.4, 0.5) is 0 Å². The summed E-state index contributed by atoms with van der Waals surface area (Å²) in [6.45, 7) is 1.78. The summed E-state index contributed by atoms with van der Waals surface area (Å²) < 4.78 is 4.52. The number of nitrogens with one attached hydrogen (secondary N) is 2. The molecule has 0 rings (SSSR count). The van der Waals surface area contributed by atoms with E-state index in [2.05, 4.69) is 14.0 Å². The van der Waals surface area contributed by atoms with Gasteiger partial charge >= 0.3 is 0 Å². The van der Waals surface area contributed by atoms with Gasteiger partial charge < -0.3 is 5.32 Å². The van der Waals surface area contributed by atoms with Crippen molar-refractivity contribution in [3.63, 3.8) is 0 Å². The summed E-state index contributed by atoms with van der Waals surface area (Å²) in [6, 6.07) is 0. The Hall–Kier alpha value is 0.610. The van der Waals surface area contributed by atoms with E-state index in [1.165, 1.54) is 0 Å². The predicted octanol–water partition coefficient (Wildman–Crippen LogP) is 0.0770. The van der Waals surface area contributed by atoms with Crippen molar-refractivity contribution in [3.8, 4) is 0 Å². The summed E-state index contributed by atoms with van der Waals surface area (Å²) in [5.74, 6) is 0. The third-order valence-corrected chi connectivity index (χ3v) is 0.843. The van der Waals surface area contributed by atoms with Gasteiger partial charge in [-0.2, -0.15) is 5.48 Å². The average Bonchev–Trinajstić information content (AvgIpc) is 1.69. The maximum atomic E-state index is 4.52. The predicted molar refractivity (Wildman–Crippen MR) is 37.0 cm³/mol. The van der Waals surface area contributed by atoms with Crippen LogP contribution in [-0.4, -0.2) is 20.1 Å². The SMILES string of the molecule is CNCCNOI.